The summed E-state index contributed by atoms with van der Waals surface area (Å²) in [6.45, 7) is 8.99. The van der Waals surface area contributed by atoms with Gasteiger partial charge in [-0.25, -0.2) is 0 Å². The first-order chi connectivity index (χ1) is 9.74. The van der Waals surface area contributed by atoms with Gasteiger partial charge in [-0.3, -0.25) is 4.90 Å². The quantitative estimate of drug-likeness (QED) is 0.916. The third-order valence-corrected chi connectivity index (χ3v) is 4.47. The summed E-state index contributed by atoms with van der Waals surface area (Å²) in [6, 6.07) is 7.19. The standard InChI is InChI=1S/C17H26N2O/c1-3-15-11-19(8-4-7-18-15)12-16-10-14-9-13(2)5-6-17(14)20-16/h5-6,9,15-16,18H,3-4,7-8,10-12H2,1-2H3. The Morgan fingerprint density at radius 3 is 3.15 bits per heavy atom. The predicted octanol–water partition coefficient (Wildman–Crippen LogP) is 2.37. The van der Waals surface area contributed by atoms with Gasteiger partial charge in [0.1, 0.15) is 11.9 Å². The molecule has 0 bridgehead atoms. The van der Waals surface area contributed by atoms with Crippen LogP contribution in [-0.2, 0) is 6.42 Å². The lowest BCUT2D eigenvalue weighted by Gasteiger charge is -2.26. The first kappa shape index (κ1) is 13.9. The highest BCUT2D eigenvalue weighted by Crippen LogP contribution is 2.29. The summed E-state index contributed by atoms with van der Waals surface area (Å²) in [4.78, 5) is 2.58. The van der Waals surface area contributed by atoms with Crippen molar-refractivity contribution in [3.63, 3.8) is 0 Å². The molecule has 3 rings (SSSR count). The molecule has 1 aromatic carbocycles. The van der Waals surface area contributed by atoms with Crippen molar-refractivity contribution in [3.05, 3.63) is 29.3 Å². The molecule has 1 N–H and O–H groups in total. The molecule has 0 amide bonds. The van der Waals surface area contributed by atoms with Gasteiger partial charge in [-0.1, -0.05) is 24.6 Å². The van der Waals surface area contributed by atoms with Gasteiger partial charge in [0.05, 0.1) is 0 Å². The molecule has 0 aliphatic carbocycles. The number of hydrogen-bond acceptors (Lipinski definition) is 3. The molecule has 2 atom stereocenters. The molecule has 0 spiro atoms. The zero-order chi connectivity index (χ0) is 13.9. The molecule has 2 aliphatic rings. The minimum Gasteiger partial charge on any atom is -0.488 e. The summed E-state index contributed by atoms with van der Waals surface area (Å²) < 4.78 is 6.11. The second-order valence-corrected chi connectivity index (χ2v) is 6.23. The molecule has 0 saturated carbocycles. The maximum absolute atomic E-state index is 6.11. The van der Waals surface area contributed by atoms with E-state index in [-0.39, 0.29) is 0 Å². The van der Waals surface area contributed by atoms with E-state index in [9.17, 15) is 0 Å². The third-order valence-electron chi connectivity index (χ3n) is 4.47. The maximum Gasteiger partial charge on any atom is 0.123 e. The number of fused-ring (bicyclic) bond motifs is 1. The van der Waals surface area contributed by atoms with Gasteiger partial charge >= 0.3 is 0 Å². The van der Waals surface area contributed by atoms with Crippen molar-refractivity contribution in [1.82, 2.24) is 10.2 Å². The molecule has 110 valence electrons. The van der Waals surface area contributed by atoms with Crippen LogP contribution in [-0.4, -0.2) is 43.2 Å². The number of hydrogen-bond donors (Lipinski definition) is 1. The molecule has 2 heterocycles. The van der Waals surface area contributed by atoms with Crippen LogP contribution < -0.4 is 10.1 Å². The van der Waals surface area contributed by atoms with Gasteiger partial charge in [-0.2, -0.15) is 0 Å². The molecular formula is C17H26N2O. The molecule has 2 aliphatic heterocycles. The summed E-state index contributed by atoms with van der Waals surface area (Å²) in [7, 11) is 0. The van der Waals surface area contributed by atoms with Gasteiger partial charge in [-0.15, -0.1) is 0 Å². The lowest BCUT2D eigenvalue weighted by molar-refractivity contribution is 0.148. The fourth-order valence-corrected chi connectivity index (χ4v) is 3.35. The van der Waals surface area contributed by atoms with E-state index >= 15 is 0 Å². The summed E-state index contributed by atoms with van der Waals surface area (Å²) >= 11 is 0. The van der Waals surface area contributed by atoms with Crippen LogP contribution >= 0.6 is 0 Å². The van der Waals surface area contributed by atoms with Crippen molar-refractivity contribution in [1.29, 1.82) is 0 Å². The third kappa shape index (κ3) is 3.15. The molecule has 20 heavy (non-hydrogen) atoms. The van der Waals surface area contributed by atoms with Gasteiger partial charge in [0.2, 0.25) is 0 Å². The van der Waals surface area contributed by atoms with Crippen LogP contribution in [0.3, 0.4) is 0 Å². The van der Waals surface area contributed by atoms with E-state index in [0.717, 1.165) is 31.8 Å². The molecule has 2 unspecified atom stereocenters. The molecule has 1 aromatic rings. The first-order valence-electron chi connectivity index (χ1n) is 7.96. The van der Waals surface area contributed by atoms with Crippen molar-refractivity contribution in [2.45, 2.75) is 45.3 Å². The second-order valence-electron chi connectivity index (χ2n) is 6.23. The van der Waals surface area contributed by atoms with Crippen LogP contribution in [0.4, 0.5) is 0 Å². The van der Waals surface area contributed by atoms with E-state index in [4.69, 9.17) is 4.74 Å². The van der Waals surface area contributed by atoms with Crippen molar-refractivity contribution in [2.24, 2.45) is 0 Å². The van der Waals surface area contributed by atoms with E-state index in [1.165, 1.54) is 30.5 Å². The number of ether oxygens (including phenoxy) is 1. The smallest absolute Gasteiger partial charge is 0.123 e. The first-order valence-corrected chi connectivity index (χ1v) is 7.96. The zero-order valence-corrected chi connectivity index (χ0v) is 12.7. The Hall–Kier alpha value is -1.06. The Bertz CT molecular complexity index is 460. The predicted molar refractivity (Wildman–Crippen MR) is 82.4 cm³/mol. The number of aryl methyl sites for hydroxylation is 1. The van der Waals surface area contributed by atoms with Crippen LogP contribution in [0.1, 0.15) is 30.9 Å². The lowest BCUT2D eigenvalue weighted by Crippen LogP contribution is -2.41. The van der Waals surface area contributed by atoms with Crippen LogP contribution in [0, 0.1) is 6.92 Å². The SMILES string of the molecule is CCC1CN(CC2Cc3cc(C)ccc3O2)CCCN1. The summed E-state index contributed by atoms with van der Waals surface area (Å²) in [5.74, 6) is 1.10. The van der Waals surface area contributed by atoms with E-state index in [1.807, 2.05) is 0 Å². The van der Waals surface area contributed by atoms with Gasteiger partial charge in [-0.05, 0) is 44.5 Å². The average molecular weight is 274 g/mol. The summed E-state index contributed by atoms with van der Waals surface area (Å²) in [5, 5.41) is 3.63. The van der Waals surface area contributed by atoms with E-state index in [2.05, 4.69) is 42.3 Å². The number of nitrogens with one attached hydrogen (secondary N) is 1. The Balaban J connectivity index is 1.59. The van der Waals surface area contributed by atoms with E-state index < -0.39 is 0 Å². The topological polar surface area (TPSA) is 24.5 Å². The number of benzene rings is 1. The Morgan fingerprint density at radius 2 is 2.30 bits per heavy atom. The van der Waals surface area contributed by atoms with Crippen LogP contribution in [0.15, 0.2) is 18.2 Å². The Labute approximate surface area is 122 Å². The van der Waals surface area contributed by atoms with Gasteiger partial charge in [0, 0.05) is 25.6 Å². The van der Waals surface area contributed by atoms with Gasteiger partial charge in [0.15, 0.2) is 0 Å². The lowest BCUT2D eigenvalue weighted by atomic mass is 10.1. The van der Waals surface area contributed by atoms with Crippen LogP contribution in [0.25, 0.3) is 0 Å². The molecular weight excluding hydrogens is 248 g/mol. The highest BCUT2D eigenvalue weighted by molar-refractivity contribution is 5.40. The molecule has 3 heteroatoms. The Morgan fingerprint density at radius 1 is 1.40 bits per heavy atom. The zero-order valence-electron chi connectivity index (χ0n) is 12.7. The highest BCUT2D eigenvalue weighted by atomic mass is 16.5. The summed E-state index contributed by atoms with van der Waals surface area (Å²) in [6.07, 6.45) is 3.86. The average Bonchev–Trinajstić information content (AvgIpc) is 2.67. The molecule has 0 aromatic heterocycles. The van der Waals surface area contributed by atoms with Crippen molar-refractivity contribution in [3.8, 4) is 5.75 Å². The molecule has 0 radical (unpaired) electrons. The minimum absolute atomic E-state index is 0.336. The second kappa shape index (κ2) is 6.15. The fourth-order valence-electron chi connectivity index (χ4n) is 3.35. The van der Waals surface area contributed by atoms with E-state index in [0.29, 0.717) is 12.1 Å². The molecule has 3 nitrogen and oxygen atoms in total. The molecule has 1 fully saturated rings. The normalized spacial score (nSPS) is 26.9. The minimum atomic E-state index is 0.336. The van der Waals surface area contributed by atoms with Crippen molar-refractivity contribution in [2.75, 3.05) is 26.2 Å². The number of nitrogens with zero attached hydrogens (tertiary/aromatic N) is 1. The van der Waals surface area contributed by atoms with Crippen LogP contribution in [0.5, 0.6) is 5.75 Å². The van der Waals surface area contributed by atoms with E-state index in [1.54, 1.807) is 0 Å². The fraction of sp³-hybridized carbons (Fsp3) is 0.647. The monoisotopic (exact) mass is 274 g/mol. The number of rotatable bonds is 3. The van der Waals surface area contributed by atoms with Crippen molar-refractivity contribution >= 4 is 0 Å². The maximum atomic E-state index is 6.11. The van der Waals surface area contributed by atoms with Gasteiger partial charge < -0.3 is 10.1 Å². The summed E-state index contributed by atoms with van der Waals surface area (Å²) in [5.41, 5.74) is 2.72. The molecule has 1 saturated heterocycles. The van der Waals surface area contributed by atoms with Gasteiger partial charge in [0.25, 0.3) is 0 Å². The highest BCUT2D eigenvalue weighted by Gasteiger charge is 2.26. The largest absolute Gasteiger partial charge is 0.488 e. The van der Waals surface area contributed by atoms with Crippen LogP contribution in [0.2, 0.25) is 0 Å². The Kier molecular flexibility index (Phi) is 4.27. The van der Waals surface area contributed by atoms with Crippen molar-refractivity contribution < 1.29 is 4.74 Å².